The number of aliphatic hydroxyl groups excluding tert-OH is 1. The summed E-state index contributed by atoms with van der Waals surface area (Å²) in [5.41, 5.74) is 3.65. The zero-order valence-corrected chi connectivity index (χ0v) is 21.5. The molecule has 0 aliphatic carbocycles. The van der Waals surface area contributed by atoms with Crippen LogP contribution in [-0.2, 0) is 11.2 Å². The first kappa shape index (κ1) is 27.7. The fourth-order valence-corrected chi connectivity index (χ4v) is 4.01. The standard InChI is InChI=1S/C29H35N5O3/c1-3-21-10-8-11-23(16-21)32-29-22(19-30)20-31-25-18-27(36)26(17-24(25)29)33-28(37)12-9-14-34(2)13-6-4-5-7-15-35/h8-12,16-18,20,35-36H,3-7,13-15H2,1-2H3,(H,31,32)(H,33,37)/b12-9+. The first-order valence-corrected chi connectivity index (χ1v) is 12.6. The number of hydrogen-bond donors (Lipinski definition) is 4. The van der Waals surface area contributed by atoms with E-state index in [-0.39, 0.29) is 24.0 Å². The fraction of sp³-hybridized carbons (Fsp3) is 0.345. The second-order valence-electron chi connectivity index (χ2n) is 9.02. The molecule has 0 saturated heterocycles. The monoisotopic (exact) mass is 501 g/mol. The van der Waals surface area contributed by atoms with Crippen LogP contribution in [0.1, 0.15) is 43.7 Å². The third kappa shape index (κ3) is 8.04. The van der Waals surface area contributed by atoms with Crippen molar-refractivity contribution in [1.29, 1.82) is 5.26 Å². The molecule has 0 fully saturated rings. The molecule has 3 aromatic rings. The maximum absolute atomic E-state index is 12.5. The number of aryl methyl sites for hydroxylation is 1. The van der Waals surface area contributed by atoms with Crippen molar-refractivity contribution in [3.63, 3.8) is 0 Å². The number of nitriles is 1. The molecule has 8 heteroatoms. The number of rotatable bonds is 13. The zero-order chi connectivity index (χ0) is 26.6. The van der Waals surface area contributed by atoms with Gasteiger partial charge in [0.25, 0.3) is 0 Å². The van der Waals surface area contributed by atoms with Crippen LogP contribution < -0.4 is 10.6 Å². The predicted octanol–water partition coefficient (Wildman–Crippen LogP) is 5.10. The topological polar surface area (TPSA) is 122 Å². The van der Waals surface area contributed by atoms with E-state index in [4.69, 9.17) is 5.11 Å². The fourth-order valence-electron chi connectivity index (χ4n) is 4.01. The Balaban J connectivity index is 1.73. The van der Waals surface area contributed by atoms with E-state index in [2.05, 4.69) is 33.5 Å². The number of fused-ring (bicyclic) bond motifs is 1. The van der Waals surface area contributed by atoms with Gasteiger partial charge in [-0.15, -0.1) is 0 Å². The molecular weight excluding hydrogens is 466 g/mol. The Kier molecular flexibility index (Phi) is 10.4. The minimum atomic E-state index is -0.361. The van der Waals surface area contributed by atoms with Crippen LogP contribution in [0.3, 0.4) is 0 Å². The Morgan fingerprint density at radius 1 is 1.19 bits per heavy atom. The quantitative estimate of drug-likeness (QED) is 0.146. The van der Waals surface area contributed by atoms with E-state index in [9.17, 15) is 15.2 Å². The first-order chi connectivity index (χ1) is 17.9. The van der Waals surface area contributed by atoms with Crippen molar-refractivity contribution in [3.8, 4) is 11.8 Å². The van der Waals surface area contributed by atoms with Crippen LogP contribution in [0.4, 0.5) is 17.1 Å². The number of nitrogens with one attached hydrogen (secondary N) is 2. The van der Waals surface area contributed by atoms with E-state index in [1.165, 1.54) is 18.3 Å². The Morgan fingerprint density at radius 2 is 2.00 bits per heavy atom. The number of aliphatic hydroxyl groups is 1. The van der Waals surface area contributed by atoms with Gasteiger partial charge in [0.15, 0.2) is 0 Å². The molecule has 1 aromatic heterocycles. The molecule has 3 rings (SSSR count). The number of amides is 1. The lowest BCUT2D eigenvalue weighted by atomic mass is 10.1. The summed E-state index contributed by atoms with van der Waals surface area (Å²) >= 11 is 0. The lowest BCUT2D eigenvalue weighted by Crippen LogP contribution is -2.20. The summed E-state index contributed by atoms with van der Waals surface area (Å²) in [7, 11) is 1.99. The number of pyridine rings is 1. The van der Waals surface area contributed by atoms with Gasteiger partial charge in [-0.2, -0.15) is 5.26 Å². The van der Waals surface area contributed by atoms with Crippen LogP contribution in [0.15, 0.2) is 54.7 Å². The number of anilines is 3. The number of phenols is 1. The van der Waals surface area contributed by atoms with Crippen molar-refractivity contribution in [2.75, 3.05) is 37.4 Å². The maximum atomic E-state index is 12.5. The summed E-state index contributed by atoms with van der Waals surface area (Å²) in [6.07, 6.45) is 9.55. The summed E-state index contributed by atoms with van der Waals surface area (Å²) in [6.45, 7) is 3.85. The summed E-state index contributed by atoms with van der Waals surface area (Å²) in [6, 6.07) is 13.2. The Morgan fingerprint density at radius 3 is 2.76 bits per heavy atom. The number of benzene rings is 2. The number of nitrogens with zero attached hydrogens (tertiary/aromatic N) is 3. The highest BCUT2D eigenvalue weighted by Gasteiger charge is 2.14. The second-order valence-corrected chi connectivity index (χ2v) is 9.02. The van der Waals surface area contributed by atoms with E-state index >= 15 is 0 Å². The van der Waals surface area contributed by atoms with Crippen molar-refractivity contribution < 1.29 is 15.0 Å². The molecule has 0 bridgehead atoms. The molecule has 8 nitrogen and oxygen atoms in total. The normalized spacial score (nSPS) is 11.2. The van der Waals surface area contributed by atoms with Crippen molar-refractivity contribution in [2.24, 2.45) is 0 Å². The molecule has 194 valence electrons. The molecule has 0 aliphatic rings. The molecule has 0 saturated carbocycles. The first-order valence-electron chi connectivity index (χ1n) is 12.6. The van der Waals surface area contributed by atoms with Gasteiger partial charge in [0.2, 0.25) is 5.91 Å². The predicted molar refractivity (Wildman–Crippen MR) is 148 cm³/mol. The van der Waals surface area contributed by atoms with E-state index in [1.807, 2.05) is 31.3 Å². The second kappa shape index (κ2) is 14.0. The highest BCUT2D eigenvalue weighted by Crippen LogP contribution is 2.35. The number of likely N-dealkylation sites (N-methyl/N-ethyl adjacent to an activating group) is 1. The molecule has 2 aromatic carbocycles. The molecule has 0 spiro atoms. The van der Waals surface area contributed by atoms with Gasteiger partial charge < -0.3 is 25.7 Å². The van der Waals surface area contributed by atoms with Gasteiger partial charge in [0.05, 0.1) is 22.5 Å². The van der Waals surface area contributed by atoms with Gasteiger partial charge in [0.1, 0.15) is 11.8 Å². The third-order valence-electron chi connectivity index (χ3n) is 6.10. The smallest absolute Gasteiger partial charge is 0.248 e. The minimum absolute atomic E-state index is 0.106. The average Bonchev–Trinajstić information content (AvgIpc) is 2.89. The molecule has 4 N–H and O–H groups in total. The third-order valence-corrected chi connectivity index (χ3v) is 6.10. The lowest BCUT2D eigenvalue weighted by molar-refractivity contribution is -0.111. The van der Waals surface area contributed by atoms with Crippen LogP contribution in [0, 0.1) is 11.3 Å². The largest absolute Gasteiger partial charge is 0.506 e. The molecular formula is C29H35N5O3. The van der Waals surface area contributed by atoms with Crippen molar-refractivity contribution >= 4 is 33.9 Å². The summed E-state index contributed by atoms with van der Waals surface area (Å²) in [4.78, 5) is 19.0. The van der Waals surface area contributed by atoms with E-state index in [1.54, 1.807) is 12.1 Å². The summed E-state index contributed by atoms with van der Waals surface area (Å²) in [5, 5.41) is 35.7. The summed E-state index contributed by atoms with van der Waals surface area (Å²) in [5.74, 6) is -0.467. The van der Waals surface area contributed by atoms with Gasteiger partial charge in [-0.05, 0) is 56.6 Å². The number of carbonyl (C=O) groups excluding carboxylic acids is 1. The molecule has 0 atom stereocenters. The summed E-state index contributed by atoms with van der Waals surface area (Å²) < 4.78 is 0. The molecule has 1 amide bonds. The van der Waals surface area contributed by atoms with Crippen LogP contribution in [-0.4, -0.2) is 52.7 Å². The Bertz CT molecular complexity index is 1280. The molecule has 37 heavy (non-hydrogen) atoms. The van der Waals surface area contributed by atoms with E-state index in [0.717, 1.165) is 49.9 Å². The Hall–Kier alpha value is -3.93. The van der Waals surface area contributed by atoms with Crippen molar-refractivity contribution in [3.05, 3.63) is 65.9 Å². The number of aromatic hydroxyl groups is 1. The number of carbonyl (C=O) groups is 1. The van der Waals surface area contributed by atoms with Gasteiger partial charge in [-0.25, -0.2) is 0 Å². The molecule has 1 heterocycles. The van der Waals surface area contributed by atoms with E-state index < -0.39 is 0 Å². The van der Waals surface area contributed by atoms with Crippen molar-refractivity contribution in [1.82, 2.24) is 9.88 Å². The minimum Gasteiger partial charge on any atom is -0.506 e. The van der Waals surface area contributed by atoms with E-state index in [0.29, 0.717) is 28.7 Å². The van der Waals surface area contributed by atoms with Crippen LogP contribution in [0.25, 0.3) is 10.9 Å². The van der Waals surface area contributed by atoms with Gasteiger partial charge in [-0.1, -0.05) is 38.0 Å². The lowest BCUT2D eigenvalue weighted by Gasteiger charge is -2.15. The van der Waals surface area contributed by atoms with Crippen LogP contribution >= 0.6 is 0 Å². The molecule has 0 unspecified atom stereocenters. The zero-order valence-electron chi connectivity index (χ0n) is 21.5. The number of aromatic nitrogens is 1. The highest BCUT2D eigenvalue weighted by molar-refractivity contribution is 6.04. The van der Waals surface area contributed by atoms with Gasteiger partial charge in [-0.3, -0.25) is 9.78 Å². The van der Waals surface area contributed by atoms with Gasteiger partial charge >= 0.3 is 0 Å². The van der Waals surface area contributed by atoms with Crippen LogP contribution in [0.2, 0.25) is 0 Å². The average molecular weight is 502 g/mol. The molecule has 0 aliphatic heterocycles. The van der Waals surface area contributed by atoms with Gasteiger partial charge in [0, 0.05) is 42.6 Å². The number of phenolic OH excluding ortho intramolecular Hbond substituents is 1. The number of unbranched alkanes of at least 4 members (excludes halogenated alkanes) is 3. The number of hydrogen-bond acceptors (Lipinski definition) is 7. The Labute approximate surface area is 218 Å². The SMILES string of the molecule is CCc1cccc(Nc2c(C#N)cnc3cc(O)c(NC(=O)/C=C/CN(C)CCCCCCO)cc23)c1. The highest BCUT2D eigenvalue weighted by atomic mass is 16.3. The van der Waals surface area contributed by atoms with Crippen molar-refractivity contribution in [2.45, 2.75) is 39.0 Å². The van der Waals surface area contributed by atoms with Crippen LogP contribution in [0.5, 0.6) is 5.75 Å². The molecule has 0 radical (unpaired) electrons. The maximum Gasteiger partial charge on any atom is 0.248 e.